The van der Waals surface area contributed by atoms with Crippen molar-refractivity contribution in [3.63, 3.8) is 0 Å². The molecule has 1 aromatic carbocycles. The van der Waals surface area contributed by atoms with Crippen LogP contribution in [0.15, 0.2) is 30.6 Å². The third kappa shape index (κ3) is 4.12. The van der Waals surface area contributed by atoms with Gasteiger partial charge in [-0.1, -0.05) is 12.1 Å². The minimum absolute atomic E-state index is 0. The first-order chi connectivity index (χ1) is 12.7. The number of nitrogens with one attached hydrogen (secondary N) is 1. The molecule has 2 aliphatic rings. The lowest BCUT2D eigenvalue weighted by Gasteiger charge is -2.48. The summed E-state index contributed by atoms with van der Waals surface area (Å²) in [4.78, 5) is 14.8. The normalized spacial score (nSPS) is 25.2. The minimum atomic E-state index is -0.335. The van der Waals surface area contributed by atoms with Crippen molar-refractivity contribution in [2.24, 2.45) is 5.41 Å². The maximum Gasteiger partial charge on any atom is 0.253 e. The van der Waals surface area contributed by atoms with E-state index in [1.807, 2.05) is 29.2 Å². The number of carbonyl (C=O) groups is 1. The van der Waals surface area contributed by atoms with Crippen molar-refractivity contribution in [1.29, 1.82) is 0 Å². The Morgan fingerprint density at radius 1 is 1.33 bits per heavy atom. The predicted molar refractivity (Wildman–Crippen MR) is 102 cm³/mol. The van der Waals surface area contributed by atoms with Gasteiger partial charge in [-0.05, 0) is 53.9 Å². The first-order valence-electron chi connectivity index (χ1n) is 9.14. The van der Waals surface area contributed by atoms with Gasteiger partial charge in [0.05, 0.1) is 12.6 Å². The zero-order valence-corrected chi connectivity index (χ0v) is 15.9. The van der Waals surface area contributed by atoms with E-state index in [4.69, 9.17) is 0 Å². The summed E-state index contributed by atoms with van der Waals surface area (Å²) < 4.78 is 1.64. The molecule has 146 valence electrons. The summed E-state index contributed by atoms with van der Waals surface area (Å²) in [5.74, 6) is 0.0378. The van der Waals surface area contributed by atoms with E-state index in [0.717, 1.165) is 44.5 Å². The highest BCUT2D eigenvalue weighted by Gasteiger charge is 2.44. The van der Waals surface area contributed by atoms with Gasteiger partial charge in [0, 0.05) is 30.6 Å². The SMILES string of the molecule is Cl.O=C(c1ccc(Cn2cnnn2)cc1)N1CCC[C@]2(CNCC[C@@H]2O)C1. The molecular formula is C18H25ClN6O2. The minimum Gasteiger partial charge on any atom is -0.392 e. The van der Waals surface area contributed by atoms with Crippen molar-refractivity contribution in [3.05, 3.63) is 41.7 Å². The maximum atomic E-state index is 12.9. The number of aliphatic hydroxyl groups excluding tert-OH is 1. The number of hydrogen-bond donors (Lipinski definition) is 2. The molecule has 2 aromatic rings. The number of hydrogen-bond acceptors (Lipinski definition) is 6. The smallest absolute Gasteiger partial charge is 0.253 e. The second kappa shape index (κ2) is 8.33. The molecule has 4 rings (SSSR count). The van der Waals surface area contributed by atoms with Gasteiger partial charge in [-0.3, -0.25) is 4.79 Å². The van der Waals surface area contributed by atoms with E-state index in [1.165, 1.54) is 0 Å². The summed E-state index contributed by atoms with van der Waals surface area (Å²) in [6.45, 7) is 3.57. The van der Waals surface area contributed by atoms with Crippen LogP contribution in [0.2, 0.25) is 0 Å². The van der Waals surface area contributed by atoms with Crippen molar-refractivity contribution >= 4 is 18.3 Å². The number of benzene rings is 1. The number of nitrogens with zero attached hydrogens (tertiary/aromatic N) is 5. The molecule has 2 saturated heterocycles. The first kappa shape index (κ1) is 19.7. The topological polar surface area (TPSA) is 96.2 Å². The third-order valence-electron chi connectivity index (χ3n) is 5.61. The lowest BCUT2D eigenvalue weighted by molar-refractivity contribution is -0.0433. The molecular weight excluding hydrogens is 368 g/mol. The third-order valence-corrected chi connectivity index (χ3v) is 5.61. The van der Waals surface area contributed by atoms with Gasteiger partial charge in [-0.2, -0.15) is 0 Å². The van der Waals surface area contributed by atoms with E-state index in [0.29, 0.717) is 18.7 Å². The Kier molecular flexibility index (Phi) is 6.08. The number of tetrazole rings is 1. The monoisotopic (exact) mass is 392 g/mol. The first-order valence-corrected chi connectivity index (χ1v) is 9.14. The number of carbonyl (C=O) groups excluding carboxylic acids is 1. The van der Waals surface area contributed by atoms with Gasteiger partial charge in [-0.15, -0.1) is 17.5 Å². The molecule has 3 heterocycles. The largest absolute Gasteiger partial charge is 0.392 e. The van der Waals surface area contributed by atoms with Crippen LogP contribution < -0.4 is 5.32 Å². The number of amides is 1. The Labute approximate surface area is 164 Å². The lowest BCUT2D eigenvalue weighted by atomic mass is 9.72. The molecule has 0 radical (unpaired) electrons. The van der Waals surface area contributed by atoms with Crippen LogP contribution >= 0.6 is 12.4 Å². The van der Waals surface area contributed by atoms with E-state index in [1.54, 1.807) is 11.0 Å². The van der Waals surface area contributed by atoms with E-state index < -0.39 is 0 Å². The fourth-order valence-electron chi connectivity index (χ4n) is 4.13. The molecule has 2 aliphatic heterocycles. The van der Waals surface area contributed by atoms with Gasteiger partial charge < -0.3 is 15.3 Å². The van der Waals surface area contributed by atoms with E-state index in [9.17, 15) is 9.90 Å². The molecule has 0 aliphatic carbocycles. The number of aromatic nitrogens is 4. The van der Waals surface area contributed by atoms with E-state index in [2.05, 4.69) is 20.8 Å². The van der Waals surface area contributed by atoms with Crippen molar-refractivity contribution in [2.75, 3.05) is 26.2 Å². The molecule has 2 atom stereocenters. The van der Waals surface area contributed by atoms with Crippen molar-refractivity contribution in [3.8, 4) is 0 Å². The molecule has 1 aromatic heterocycles. The van der Waals surface area contributed by atoms with Crippen LogP contribution in [0.3, 0.4) is 0 Å². The summed E-state index contributed by atoms with van der Waals surface area (Å²) in [5.41, 5.74) is 1.52. The highest BCUT2D eigenvalue weighted by Crippen LogP contribution is 2.36. The molecule has 2 fully saturated rings. The zero-order valence-electron chi connectivity index (χ0n) is 15.1. The maximum absolute atomic E-state index is 12.9. The Morgan fingerprint density at radius 2 is 2.15 bits per heavy atom. The molecule has 0 bridgehead atoms. The van der Waals surface area contributed by atoms with Gasteiger partial charge in [0.15, 0.2) is 0 Å². The number of piperidine rings is 2. The fraction of sp³-hybridized carbons (Fsp3) is 0.556. The number of aliphatic hydroxyl groups is 1. The Balaban J connectivity index is 0.00000210. The lowest BCUT2D eigenvalue weighted by Crippen LogP contribution is -2.58. The quantitative estimate of drug-likeness (QED) is 0.799. The van der Waals surface area contributed by atoms with Crippen LogP contribution in [0.1, 0.15) is 35.2 Å². The highest BCUT2D eigenvalue weighted by molar-refractivity contribution is 5.94. The Hall–Kier alpha value is -2.03. The molecule has 27 heavy (non-hydrogen) atoms. The van der Waals surface area contributed by atoms with Crippen molar-refractivity contribution < 1.29 is 9.90 Å². The molecule has 9 heteroatoms. The average molecular weight is 393 g/mol. The summed E-state index contributed by atoms with van der Waals surface area (Å²) >= 11 is 0. The summed E-state index contributed by atoms with van der Waals surface area (Å²) in [7, 11) is 0. The van der Waals surface area contributed by atoms with Gasteiger partial charge in [0.2, 0.25) is 0 Å². The van der Waals surface area contributed by atoms with Crippen molar-refractivity contribution in [1.82, 2.24) is 30.4 Å². The summed E-state index contributed by atoms with van der Waals surface area (Å²) in [6, 6.07) is 7.59. The van der Waals surface area contributed by atoms with Crippen LogP contribution in [-0.4, -0.2) is 68.4 Å². The predicted octanol–water partition coefficient (Wildman–Crippen LogP) is 0.720. The van der Waals surface area contributed by atoms with E-state index >= 15 is 0 Å². The van der Waals surface area contributed by atoms with Crippen LogP contribution in [0.5, 0.6) is 0 Å². The van der Waals surface area contributed by atoms with Crippen LogP contribution in [0.4, 0.5) is 0 Å². The molecule has 8 nitrogen and oxygen atoms in total. The highest BCUT2D eigenvalue weighted by atomic mass is 35.5. The number of likely N-dealkylation sites (tertiary alicyclic amines) is 1. The van der Waals surface area contributed by atoms with Gasteiger partial charge in [-0.25, -0.2) is 4.68 Å². The standard InChI is InChI=1S/C18H24N6O2.ClH/c25-16-6-8-19-11-18(16)7-1-9-23(12-18)17(26)15-4-2-14(3-5-15)10-24-13-20-21-22-24;/h2-5,13,16,19,25H,1,6-12H2;1H/t16-,18-;/m0./s1. The van der Waals surface area contributed by atoms with Gasteiger partial charge in [0.1, 0.15) is 6.33 Å². The van der Waals surface area contributed by atoms with Gasteiger partial charge in [0.25, 0.3) is 5.91 Å². The number of rotatable bonds is 3. The fourth-order valence-corrected chi connectivity index (χ4v) is 4.13. The second-order valence-corrected chi connectivity index (χ2v) is 7.38. The Morgan fingerprint density at radius 3 is 2.85 bits per heavy atom. The summed E-state index contributed by atoms with van der Waals surface area (Å²) in [5, 5.41) is 25.0. The zero-order chi connectivity index (χ0) is 18.0. The van der Waals surface area contributed by atoms with Crippen LogP contribution in [0, 0.1) is 5.41 Å². The molecule has 0 saturated carbocycles. The van der Waals surface area contributed by atoms with Crippen molar-refractivity contribution in [2.45, 2.75) is 31.9 Å². The summed E-state index contributed by atoms with van der Waals surface area (Å²) in [6.07, 6.45) is 3.89. The van der Waals surface area contributed by atoms with Crippen LogP contribution in [0.25, 0.3) is 0 Å². The van der Waals surface area contributed by atoms with Gasteiger partial charge >= 0.3 is 0 Å². The molecule has 1 spiro atoms. The Bertz CT molecular complexity index is 750. The molecule has 2 N–H and O–H groups in total. The van der Waals surface area contributed by atoms with E-state index in [-0.39, 0.29) is 29.8 Å². The number of halogens is 1. The molecule has 0 unspecified atom stereocenters. The average Bonchev–Trinajstić information content (AvgIpc) is 3.18. The van der Waals surface area contributed by atoms with Crippen LogP contribution in [-0.2, 0) is 6.54 Å². The molecule has 1 amide bonds. The second-order valence-electron chi connectivity index (χ2n) is 7.38.